The van der Waals surface area contributed by atoms with Gasteiger partial charge < -0.3 is 15.0 Å². The minimum absolute atomic E-state index is 0.194. The van der Waals surface area contributed by atoms with Gasteiger partial charge >= 0.3 is 0 Å². The van der Waals surface area contributed by atoms with E-state index in [1.165, 1.54) is 0 Å². The minimum atomic E-state index is -0.194. The molecule has 0 aliphatic carbocycles. The molecule has 0 aliphatic rings. The Kier molecular flexibility index (Phi) is 3.88. The Morgan fingerprint density at radius 2 is 2.28 bits per heavy atom. The first-order chi connectivity index (χ1) is 8.72. The van der Waals surface area contributed by atoms with Crippen molar-refractivity contribution in [3.05, 3.63) is 35.6 Å². The van der Waals surface area contributed by atoms with E-state index in [2.05, 4.69) is 15.1 Å². The number of rotatable bonds is 5. The first kappa shape index (κ1) is 12.5. The molecule has 0 saturated heterocycles. The molecule has 2 aromatic rings. The monoisotopic (exact) mass is 248 g/mol. The van der Waals surface area contributed by atoms with E-state index >= 15 is 0 Å². The molecule has 96 valence electrons. The van der Waals surface area contributed by atoms with Gasteiger partial charge in [-0.2, -0.15) is 4.98 Å². The number of methoxy groups -OCH3 is 1. The summed E-state index contributed by atoms with van der Waals surface area (Å²) in [5.41, 5.74) is 6.81. The zero-order valence-corrected chi connectivity index (χ0v) is 10.5. The van der Waals surface area contributed by atoms with Gasteiger partial charge in [-0.05, 0) is 12.0 Å². The first-order valence-corrected chi connectivity index (χ1v) is 5.80. The molecule has 0 spiro atoms. The third-order valence-corrected chi connectivity index (χ3v) is 2.61. The number of nitrogens with two attached hydrogens (primary N) is 1. The summed E-state index contributed by atoms with van der Waals surface area (Å²) < 4.78 is 10.1. The van der Waals surface area contributed by atoms with E-state index < -0.39 is 0 Å². The summed E-state index contributed by atoms with van der Waals surface area (Å²) in [6.07, 6.45) is 3.07. The van der Waals surface area contributed by atoms with Crippen LogP contribution in [0.2, 0.25) is 0 Å². The molecule has 0 radical (unpaired) electrons. The zero-order chi connectivity index (χ0) is 13.0. The summed E-state index contributed by atoms with van der Waals surface area (Å²) in [6, 6.07) is 3.52. The molecule has 2 N–H and O–H groups in total. The van der Waals surface area contributed by atoms with Crippen molar-refractivity contribution in [1.82, 2.24) is 15.1 Å². The average molecular weight is 248 g/mol. The van der Waals surface area contributed by atoms with E-state index in [4.69, 9.17) is 15.0 Å². The highest BCUT2D eigenvalue weighted by Crippen LogP contribution is 2.13. The van der Waals surface area contributed by atoms with Gasteiger partial charge in [0.05, 0.1) is 13.2 Å². The van der Waals surface area contributed by atoms with Gasteiger partial charge in [-0.15, -0.1) is 0 Å². The van der Waals surface area contributed by atoms with Crippen LogP contribution in [0, 0.1) is 0 Å². The van der Waals surface area contributed by atoms with E-state index in [0.717, 1.165) is 12.0 Å². The summed E-state index contributed by atoms with van der Waals surface area (Å²) in [5.74, 6) is 1.68. The summed E-state index contributed by atoms with van der Waals surface area (Å²) in [7, 11) is 1.58. The lowest BCUT2D eigenvalue weighted by Crippen LogP contribution is -2.08. The van der Waals surface area contributed by atoms with Crippen LogP contribution in [-0.4, -0.2) is 22.2 Å². The Labute approximate surface area is 105 Å². The zero-order valence-electron chi connectivity index (χ0n) is 10.5. The average Bonchev–Trinajstić information content (AvgIpc) is 2.87. The van der Waals surface area contributed by atoms with Crippen LogP contribution in [0.1, 0.15) is 36.7 Å². The molecule has 2 heterocycles. The molecule has 6 heteroatoms. The van der Waals surface area contributed by atoms with Gasteiger partial charge in [-0.1, -0.05) is 18.1 Å². The van der Waals surface area contributed by atoms with Gasteiger partial charge in [0.1, 0.15) is 0 Å². The quantitative estimate of drug-likeness (QED) is 0.862. The molecule has 18 heavy (non-hydrogen) atoms. The first-order valence-electron chi connectivity index (χ1n) is 5.80. The molecule has 0 amide bonds. The van der Waals surface area contributed by atoms with E-state index in [-0.39, 0.29) is 6.04 Å². The Morgan fingerprint density at radius 3 is 2.89 bits per heavy atom. The van der Waals surface area contributed by atoms with Crippen molar-refractivity contribution in [2.75, 3.05) is 7.11 Å². The fourth-order valence-electron chi connectivity index (χ4n) is 1.48. The van der Waals surface area contributed by atoms with Crippen molar-refractivity contribution in [2.24, 2.45) is 5.73 Å². The molecule has 0 fully saturated rings. The smallest absolute Gasteiger partial charge is 0.243 e. The Balaban J connectivity index is 2.06. The highest BCUT2D eigenvalue weighted by atomic mass is 16.5. The molecule has 1 atom stereocenters. The lowest BCUT2D eigenvalue weighted by molar-refractivity contribution is 0.348. The lowest BCUT2D eigenvalue weighted by Gasteiger charge is -2.00. The number of aromatic nitrogens is 3. The van der Waals surface area contributed by atoms with Crippen molar-refractivity contribution in [3.8, 4) is 5.88 Å². The molecule has 1 unspecified atom stereocenters. The van der Waals surface area contributed by atoms with Crippen LogP contribution in [0.4, 0.5) is 0 Å². The van der Waals surface area contributed by atoms with Gasteiger partial charge in [0.15, 0.2) is 5.82 Å². The van der Waals surface area contributed by atoms with Crippen molar-refractivity contribution in [3.63, 3.8) is 0 Å². The molecule has 0 aromatic carbocycles. The van der Waals surface area contributed by atoms with E-state index in [1.54, 1.807) is 19.4 Å². The number of pyridine rings is 1. The van der Waals surface area contributed by atoms with E-state index in [0.29, 0.717) is 24.0 Å². The molecule has 6 nitrogen and oxygen atoms in total. The maximum atomic E-state index is 5.81. The van der Waals surface area contributed by atoms with Crippen molar-refractivity contribution < 1.29 is 9.26 Å². The summed E-state index contributed by atoms with van der Waals surface area (Å²) in [4.78, 5) is 8.38. The second-order valence-electron chi connectivity index (χ2n) is 3.95. The third-order valence-electron chi connectivity index (χ3n) is 2.61. The van der Waals surface area contributed by atoms with Crippen LogP contribution in [0.3, 0.4) is 0 Å². The van der Waals surface area contributed by atoms with E-state index in [1.807, 2.05) is 13.0 Å². The highest BCUT2D eigenvalue weighted by molar-refractivity contribution is 5.20. The summed E-state index contributed by atoms with van der Waals surface area (Å²) >= 11 is 0. The van der Waals surface area contributed by atoms with Gasteiger partial charge in [0, 0.05) is 18.7 Å². The number of hydrogen-bond donors (Lipinski definition) is 1. The fourth-order valence-corrected chi connectivity index (χ4v) is 1.48. The third kappa shape index (κ3) is 2.84. The van der Waals surface area contributed by atoms with Crippen LogP contribution >= 0.6 is 0 Å². The molecule has 0 aliphatic heterocycles. The van der Waals surface area contributed by atoms with Crippen molar-refractivity contribution in [2.45, 2.75) is 25.8 Å². The van der Waals surface area contributed by atoms with Crippen LogP contribution < -0.4 is 10.5 Å². The maximum Gasteiger partial charge on any atom is 0.243 e. The minimum Gasteiger partial charge on any atom is -0.481 e. The Hall–Kier alpha value is -1.95. The molecular weight excluding hydrogens is 232 g/mol. The van der Waals surface area contributed by atoms with Crippen molar-refractivity contribution >= 4 is 0 Å². The normalized spacial score (nSPS) is 12.4. The largest absolute Gasteiger partial charge is 0.481 e. The second-order valence-corrected chi connectivity index (χ2v) is 3.95. The van der Waals surface area contributed by atoms with Crippen LogP contribution in [0.25, 0.3) is 0 Å². The van der Waals surface area contributed by atoms with Crippen molar-refractivity contribution in [1.29, 1.82) is 0 Å². The Morgan fingerprint density at radius 1 is 1.44 bits per heavy atom. The fraction of sp³-hybridized carbons (Fsp3) is 0.417. The SMILES string of the molecule is CCC(N)c1nc(Cc2ccc(OC)nc2)no1. The number of ether oxygens (including phenoxy) is 1. The summed E-state index contributed by atoms with van der Waals surface area (Å²) in [6.45, 7) is 1.97. The van der Waals surface area contributed by atoms with E-state index in [9.17, 15) is 0 Å². The Bertz CT molecular complexity index is 495. The molecule has 0 bridgehead atoms. The molecule has 0 saturated carbocycles. The molecular formula is C12H16N4O2. The number of hydrogen-bond acceptors (Lipinski definition) is 6. The predicted molar refractivity (Wildman–Crippen MR) is 65.1 cm³/mol. The topological polar surface area (TPSA) is 87.1 Å². The number of nitrogens with zero attached hydrogens (tertiary/aromatic N) is 3. The highest BCUT2D eigenvalue weighted by Gasteiger charge is 2.13. The van der Waals surface area contributed by atoms with Gasteiger partial charge in [0.2, 0.25) is 11.8 Å². The van der Waals surface area contributed by atoms with Gasteiger partial charge in [-0.3, -0.25) is 0 Å². The molecule has 2 aromatic heterocycles. The van der Waals surface area contributed by atoms with Crippen LogP contribution in [0.5, 0.6) is 5.88 Å². The maximum absolute atomic E-state index is 5.81. The molecule has 2 rings (SSSR count). The van der Waals surface area contributed by atoms with Gasteiger partial charge in [-0.25, -0.2) is 4.98 Å². The standard InChI is InChI=1S/C12H16N4O2/c1-3-9(13)12-15-10(16-18-12)6-8-4-5-11(17-2)14-7-8/h4-5,7,9H,3,6,13H2,1-2H3. The summed E-state index contributed by atoms with van der Waals surface area (Å²) in [5, 5.41) is 3.90. The van der Waals surface area contributed by atoms with Gasteiger partial charge in [0.25, 0.3) is 0 Å². The lowest BCUT2D eigenvalue weighted by atomic mass is 10.2. The van der Waals surface area contributed by atoms with Crippen LogP contribution in [0.15, 0.2) is 22.9 Å². The second kappa shape index (κ2) is 5.59. The predicted octanol–water partition coefficient (Wildman–Crippen LogP) is 1.47. The van der Waals surface area contributed by atoms with Crippen LogP contribution in [-0.2, 0) is 6.42 Å².